The van der Waals surface area contributed by atoms with Crippen LogP contribution in [0.25, 0.3) is 0 Å². The fraction of sp³-hybridized carbons (Fsp3) is 1.00. The van der Waals surface area contributed by atoms with Crippen LogP contribution in [0.5, 0.6) is 0 Å². The molecule has 108 valence electrons. The second-order valence-electron chi connectivity index (χ2n) is 6.61. The van der Waals surface area contributed by atoms with Crippen molar-refractivity contribution in [2.24, 2.45) is 11.8 Å². The maximum atomic E-state index is 3.69. The Morgan fingerprint density at radius 2 is 1.89 bits per heavy atom. The van der Waals surface area contributed by atoms with E-state index >= 15 is 0 Å². The zero-order chi connectivity index (χ0) is 13.5. The van der Waals surface area contributed by atoms with Gasteiger partial charge in [-0.2, -0.15) is 0 Å². The van der Waals surface area contributed by atoms with Crippen LogP contribution in [0, 0.1) is 11.8 Å². The molecule has 0 saturated carbocycles. The van der Waals surface area contributed by atoms with E-state index in [-0.39, 0.29) is 0 Å². The molecule has 1 saturated heterocycles. The maximum absolute atomic E-state index is 3.69. The number of rotatable bonds is 7. The van der Waals surface area contributed by atoms with Gasteiger partial charge in [-0.1, -0.05) is 47.0 Å². The number of piperazine rings is 1. The largest absolute Gasteiger partial charge is 0.311 e. The second-order valence-corrected chi connectivity index (χ2v) is 6.61. The van der Waals surface area contributed by atoms with Crippen LogP contribution in [0.4, 0.5) is 0 Å². The van der Waals surface area contributed by atoms with E-state index in [1.165, 1.54) is 45.3 Å². The van der Waals surface area contributed by atoms with Crippen LogP contribution in [0.3, 0.4) is 0 Å². The van der Waals surface area contributed by atoms with Crippen molar-refractivity contribution in [3.05, 3.63) is 0 Å². The van der Waals surface area contributed by atoms with Crippen LogP contribution in [-0.2, 0) is 0 Å². The first-order valence-corrected chi connectivity index (χ1v) is 8.02. The molecule has 1 aliphatic rings. The summed E-state index contributed by atoms with van der Waals surface area (Å²) >= 11 is 0. The van der Waals surface area contributed by atoms with Gasteiger partial charge in [0, 0.05) is 31.7 Å². The molecular formula is C16H34N2. The van der Waals surface area contributed by atoms with Crippen LogP contribution in [0.1, 0.15) is 60.3 Å². The first-order chi connectivity index (χ1) is 8.54. The quantitative estimate of drug-likeness (QED) is 0.748. The van der Waals surface area contributed by atoms with Crippen molar-refractivity contribution in [1.29, 1.82) is 0 Å². The topological polar surface area (TPSA) is 15.3 Å². The van der Waals surface area contributed by atoms with E-state index in [2.05, 4.69) is 44.8 Å². The highest BCUT2D eigenvalue weighted by Gasteiger charge is 2.25. The standard InChI is InChI=1S/C16H34N2/c1-6-14(4)16-12-18(11-10-17-16)15(5)9-7-8-13(2)3/h13-17H,6-12H2,1-5H3. The summed E-state index contributed by atoms with van der Waals surface area (Å²) in [4.78, 5) is 2.70. The number of hydrogen-bond acceptors (Lipinski definition) is 2. The lowest BCUT2D eigenvalue weighted by atomic mass is 9.95. The summed E-state index contributed by atoms with van der Waals surface area (Å²) in [6, 6.07) is 1.47. The van der Waals surface area contributed by atoms with Gasteiger partial charge in [-0.25, -0.2) is 0 Å². The van der Waals surface area contributed by atoms with Crippen molar-refractivity contribution in [2.45, 2.75) is 72.4 Å². The average Bonchev–Trinajstić information content (AvgIpc) is 2.37. The van der Waals surface area contributed by atoms with Crippen molar-refractivity contribution < 1.29 is 0 Å². The smallest absolute Gasteiger partial charge is 0.0221 e. The fourth-order valence-corrected chi connectivity index (χ4v) is 2.87. The van der Waals surface area contributed by atoms with Gasteiger partial charge in [0.2, 0.25) is 0 Å². The maximum Gasteiger partial charge on any atom is 0.0221 e. The molecule has 0 aliphatic carbocycles. The van der Waals surface area contributed by atoms with Crippen LogP contribution in [0.15, 0.2) is 0 Å². The lowest BCUT2D eigenvalue weighted by molar-refractivity contribution is 0.123. The Morgan fingerprint density at radius 3 is 2.50 bits per heavy atom. The van der Waals surface area contributed by atoms with Gasteiger partial charge in [-0.05, 0) is 25.2 Å². The summed E-state index contributed by atoms with van der Waals surface area (Å²) in [6.07, 6.45) is 5.42. The summed E-state index contributed by atoms with van der Waals surface area (Å²) in [6.45, 7) is 15.4. The van der Waals surface area contributed by atoms with Crippen LogP contribution >= 0.6 is 0 Å². The van der Waals surface area contributed by atoms with Crippen LogP contribution < -0.4 is 5.32 Å². The molecule has 0 radical (unpaired) electrons. The predicted molar refractivity (Wildman–Crippen MR) is 81.0 cm³/mol. The Labute approximate surface area is 115 Å². The SMILES string of the molecule is CCC(C)C1CN(C(C)CCCC(C)C)CCN1. The molecule has 3 unspecified atom stereocenters. The highest BCUT2D eigenvalue weighted by atomic mass is 15.2. The minimum Gasteiger partial charge on any atom is -0.311 e. The number of nitrogens with zero attached hydrogens (tertiary/aromatic N) is 1. The second kappa shape index (κ2) is 8.16. The molecule has 0 amide bonds. The van der Waals surface area contributed by atoms with Gasteiger partial charge >= 0.3 is 0 Å². The van der Waals surface area contributed by atoms with Gasteiger partial charge in [0.05, 0.1) is 0 Å². The number of hydrogen-bond donors (Lipinski definition) is 1. The Morgan fingerprint density at radius 1 is 1.17 bits per heavy atom. The van der Waals surface area contributed by atoms with E-state index in [0.717, 1.165) is 17.9 Å². The van der Waals surface area contributed by atoms with E-state index in [9.17, 15) is 0 Å². The molecule has 18 heavy (non-hydrogen) atoms. The molecule has 1 N–H and O–H groups in total. The van der Waals surface area contributed by atoms with Crippen molar-refractivity contribution in [3.63, 3.8) is 0 Å². The molecule has 2 nitrogen and oxygen atoms in total. The van der Waals surface area contributed by atoms with E-state index in [1.807, 2.05) is 0 Å². The highest BCUT2D eigenvalue weighted by molar-refractivity contribution is 4.84. The van der Waals surface area contributed by atoms with Crippen molar-refractivity contribution in [2.75, 3.05) is 19.6 Å². The van der Waals surface area contributed by atoms with Crippen LogP contribution in [-0.4, -0.2) is 36.6 Å². The summed E-state index contributed by atoms with van der Waals surface area (Å²) in [5.74, 6) is 1.66. The first kappa shape index (κ1) is 16.0. The first-order valence-electron chi connectivity index (χ1n) is 8.02. The van der Waals surface area contributed by atoms with Gasteiger partial charge in [-0.15, -0.1) is 0 Å². The molecule has 0 bridgehead atoms. The summed E-state index contributed by atoms with van der Waals surface area (Å²) < 4.78 is 0. The van der Waals surface area contributed by atoms with Gasteiger partial charge in [-0.3, -0.25) is 4.90 Å². The lowest BCUT2D eigenvalue weighted by Gasteiger charge is -2.40. The molecule has 3 atom stereocenters. The molecule has 0 aromatic rings. The van der Waals surface area contributed by atoms with E-state index in [1.54, 1.807) is 0 Å². The normalized spacial score (nSPS) is 25.3. The van der Waals surface area contributed by atoms with Gasteiger partial charge in [0.25, 0.3) is 0 Å². The highest BCUT2D eigenvalue weighted by Crippen LogP contribution is 2.17. The van der Waals surface area contributed by atoms with E-state index < -0.39 is 0 Å². The molecule has 0 spiro atoms. The predicted octanol–water partition coefficient (Wildman–Crippen LogP) is 3.52. The average molecular weight is 254 g/mol. The van der Waals surface area contributed by atoms with Gasteiger partial charge < -0.3 is 5.32 Å². The summed E-state index contributed by atoms with van der Waals surface area (Å²) in [5, 5.41) is 3.69. The Kier molecular flexibility index (Phi) is 7.25. The van der Waals surface area contributed by atoms with E-state index in [0.29, 0.717) is 6.04 Å². The lowest BCUT2D eigenvalue weighted by Crippen LogP contribution is -2.55. The third-order valence-corrected chi connectivity index (χ3v) is 4.59. The van der Waals surface area contributed by atoms with Crippen molar-refractivity contribution in [3.8, 4) is 0 Å². The Hall–Kier alpha value is -0.0800. The zero-order valence-electron chi connectivity index (χ0n) is 13.2. The molecule has 2 heteroatoms. The third kappa shape index (κ3) is 5.27. The minimum atomic E-state index is 0.705. The third-order valence-electron chi connectivity index (χ3n) is 4.59. The molecule has 1 aliphatic heterocycles. The molecule has 1 heterocycles. The molecular weight excluding hydrogens is 220 g/mol. The van der Waals surface area contributed by atoms with E-state index in [4.69, 9.17) is 0 Å². The zero-order valence-corrected chi connectivity index (χ0v) is 13.2. The van der Waals surface area contributed by atoms with Gasteiger partial charge in [0.1, 0.15) is 0 Å². The molecule has 1 rings (SSSR count). The molecule has 0 aromatic carbocycles. The monoisotopic (exact) mass is 254 g/mol. The Balaban J connectivity index is 2.31. The fourth-order valence-electron chi connectivity index (χ4n) is 2.87. The van der Waals surface area contributed by atoms with Crippen LogP contribution in [0.2, 0.25) is 0 Å². The summed E-state index contributed by atoms with van der Waals surface area (Å²) in [5.41, 5.74) is 0. The van der Waals surface area contributed by atoms with Crippen molar-refractivity contribution >= 4 is 0 Å². The number of nitrogens with one attached hydrogen (secondary N) is 1. The van der Waals surface area contributed by atoms with Crippen molar-refractivity contribution in [1.82, 2.24) is 10.2 Å². The minimum absolute atomic E-state index is 0.705. The molecule has 0 aromatic heterocycles. The Bertz CT molecular complexity index is 215. The summed E-state index contributed by atoms with van der Waals surface area (Å²) in [7, 11) is 0. The molecule has 1 fully saturated rings. The van der Waals surface area contributed by atoms with Gasteiger partial charge in [0.15, 0.2) is 0 Å².